The maximum Gasteiger partial charge on any atom is 0.258 e. The summed E-state index contributed by atoms with van der Waals surface area (Å²) in [7, 11) is 0. The molecular weight excluding hydrogens is 358 g/mol. The van der Waals surface area contributed by atoms with Crippen molar-refractivity contribution in [2.75, 3.05) is 6.54 Å². The van der Waals surface area contributed by atoms with Crippen molar-refractivity contribution in [2.24, 2.45) is 5.10 Å². The van der Waals surface area contributed by atoms with Crippen molar-refractivity contribution in [1.82, 2.24) is 9.91 Å². The summed E-state index contributed by atoms with van der Waals surface area (Å²) in [6.07, 6.45) is 1.55. The van der Waals surface area contributed by atoms with E-state index in [4.69, 9.17) is 0 Å². The van der Waals surface area contributed by atoms with Crippen molar-refractivity contribution in [3.05, 3.63) is 107 Å². The molecule has 1 fully saturated rings. The van der Waals surface area contributed by atoms with Crippen LogP contribution in [0, 0.1) is 13.8 Å². The zero-order valence-electron chi connectivity index (χ0n) is 16.8. The monoisotopic (exact) mass is 383 g/mol. The van der Waals surface area contributed by atoms with Crippen LogP contribution in [0.4, 0.5) is 0 Å². The molecule has 0 aromatic heterocycles. The molecule has 0 spiro atoms. The fourth-order valence-electron chi connectivity index (χ4n) is 3.58. The molecule has 1 amide bonds. The predicted octanol–water partition coefficient (Wildman–Crippen LogP) is 4.68. The van der Waals surface area contributed by atoms with Gasteiger partial charge in [0.05, 0.1) is 12.8 Å². The van der Waals surface area contributed by atoms with E-state index in [9.17, 15) is 4.79 Å². The molecule has 3 aromatic carbocycles. The van der Waals surface area contributed by atoms with E-state index in [1.54, 1.807) is 11.2 Å². The van der Waals surface area contributed by atoms with Crippen LogP contribution < -0.4 is 0 Å². The van der Waals surface area contributed by atoms with E-state index in [2.05, 4.69) is 60.2 Å². The second-order valence-corrected chi connectivity index (χ2v) is 7.57. The van der Waals surface area contributed by atoms with E-state index >= 15 is 0 Å². The number of amides is 1. The van der Waals surface area contributed by atoms with Crippen LogP contribution in [0.25, 0.3) is 0 Å². The van der Waals surface area contributed by atoms with E-state index in [0.29, 0.717) is 13.1 Å². The van der Waals surface area contributed by atoms with Crippen molar-refractivity contribution in [3.63, 3.8) is 0 Å². The molecule has 0 saturated carbocycles. The van der Waals surface area contributed by atoms with Crippen LogP contribution >= 0.6 is 0 Å². The highest BCUT2D eigenvalue weighted by molar-refractivity contribution is 5.84. The van der Waals surface area contributed by atoms with Crippen LogP contribution in [0.1, 0.15) is 34.0 Å². The van der Waals surface area contributed by atoms with Gasteiger partial charge in [-0.05, 0) is 30.5 Å². The summed E-state index contributed by atoms with van der Waals surface area (Å²) in [4.78, 5) is 15.0. The maximum atomic E-state index is 12.9. The van der Waals surface area contributed by atoms with Crippen molar-refractivity contribution in [2.45, 2.75) is 26.6 Å². The normalized spacial score (nSPS) is 17.4. The molecule has 1 atom stereocenters. The van der Waals surface area contributed by atoms with Crippen molar-refractivity contribution >= 4 is 12.1 Å². The Morgan fingerprint density at radius 1 is 0.897 bits per heavy atom. The number of carbonyl (C=O) groups excluding carboxylic acids is 1. The fourth-order valence-corrected chi connectivity index (χ4v) is 3.58. The van der Waals surface area contributed by atoms with Gasteiger partial charge in [0.25, 0.3) is 5.91 Å². The van der Waals surface area contributed by atoms with Crippen molar-refractivity contribution < 1.29 is 4.79 Å². The molecule has 0 radical (unpaired) electrons. The first-order valence-electron chi connectivity index (χ1n) is 9.87. The molecule has 4 nitrogen and oxygen atoms in total. The molecule has 0 bridgehead atoms. The molecule has 4 heteroatoms. The van der Waals surface area contributed by atoms with Gasteiger partial charge in [-0.2, -0.15) is 5.10 Å². The smallest absolute Gasteiger partial charge is 0.258 e. The Hall–Kier alpha value is -3.24. The van der Waals surface area contributed by atoms with E-state index in [1.165, 1.54) is 16.7 Å². The van der Waals surface area contributed by atoms with Gasteiger partial charge in [-0.15, -0.1) is 0 Å². The molecule has 1 saturated heterocycles. The molecular formula is C25H25N3O. The summed E-state index contributed by atoms with van der Waals surface area (Å²) < 4.78 is 0. The van der Waals surface area contributed by atoms with Crippen LogP contribution in [0.2, 0.25) is 0 Å². The summed E-state index contributed by atoms with van der Waals surface area (Å²) in [6, 6.07) is 26.7. The Morgan fingerprint density at radius 2 is 1.52 bits per heavy atom. The van der Waals surface area contributed by atoms with Crippen molar-refractivity contribution in [1.29, 1.82) is 0 Å². The standard InChI is InChI=1S/C25H25N3O/c1-19-8-12-21(13-9-19)16-26-28-24(29)18-27(17-22-6-4-3-5-7-22)25(28)23-14-10-20(2)11-15-23/h3-16,25H,17-18H2,1-2H3. The van der Waals surface area contributed by atoms with Gasteiger partial charge in [-0.3, -0.25) is 9.69 Å². The minimum Gasteiger partial charge on any atom is -0.271 e. The third-order valence-corrected chi connectivity index (χ3v) is 5.18. The molecule has 146 valence electrons. The molecule has 1 heterocycles. The highest BCUT2D eigenvalue weighted by Crippen LogP contribution is 2.32. The van der Waals surface area contributed by atoms with Gasteiger partial charge in [0.15, 0.2) is 0 Å². The Labute approximate surface area is 172 Å². The lowest BCUT2D eigenvalue weighted by Gasteiger charge is -2.27. The Bertz CT molecular complexity index is 995. The van der Waals surface area contributed by atoms with Gasteiger partial charge in [0.2, 0.25) is 0 Å². The van der Waals surface area contributed by atoms with E-state index in [-0.39, 0.29) is 12.1 Å². The summed E-state index contributed by atoms with van der Waals surface area (Å²) in [5, 5.41) is 6.21. The molecule has 0 aliphatic carbocycles. The van der Waals surface area contributed by atoms with Gasteiger partial charge < -0.3 is 0 Å². The number of nitrogens with zero attached hydrogens (tertiary/aromatic N) is 3. The molecule has 1 unspecified atom stereocenters. The minimum absolute atomic E-state index is 0.00914. The zero-order chi connectivity index (χ0) is 20.2. The number of aryl methyl sites for hydroxylation is 2. The van der Waals surface area contributed by atoms with Crippen LogP contribution in [0.3, 0.4) is 0 Å². The quantitative estimate of drug-likeness (QED) is 0.600. The molecule has 1 aliphatic rings. The first-order valence-corrected chi connectivity index (χ1v) is 9.87. The zero-order valence-corrected chi connectivity index (χ0v) is 16.8. The van der Waals surface area contributed by atoms with Crippen LogP contribution in [0.15, 0.2) is 84.0 Å². The minimum atomic E-state index is -0.218. The molecule has 29 heavy (non-hydrogen) atoms. The second kappa shape index (κ2) is 8.41. The van der Waals surface area contributed by atoms with Gasteiger partial charge in [0, 0.05) is 6.54 Å². The largest absolute Gasteiger partial charge is 0.271 e. The van der Waals surface area contributed by atoms with E-state index in [0.717, 1.165) is 11.1 Å². The van der Waals surface area contributed by atoms with Gasteiger partial charge in [-0.1, -0.05) is 90.0 Å². The van der Waals surface area contributed by atoms with Crippen LogP contribution in [0.5, 0.6) is 0 Å². The number of hydrogen-bond acceptors (Lipinski definition) is 3. The summed E-state index contributed by atoms with van der Waals surface area (Å²) >= 11 is 0. The first kappa shape index (κ1) is 19.1. The third-order valence-electron chi connectivity index (χ3n) is 5.18. The number of carbonyl (C=O) groups is 1. The molecule has 4 rings (SSSR count). The Kier molecular flexibility index (Phi) is 5.54. The fraction of sp³-hybridized carbons (Fsp3) is 0.200. The molecule has 0 N–H and O–H groups in total. The summed E-state index contributed by atoms with van der Waals surface area (Å²) in [6.45, 7) is 5.17. The van der Waals surface area contributed by atoms with Gasteiger partial charge >= 0.3 is 0 Å². The summed E-state index contributed by atoms with van der Waals surface area (Å²) in [5.41, 5.74) is 5.63. The average Bonchev–Trinajstić information content (AvgIpc) is 3.04. The lowest BCUT2D eigenvalue weighted by Crippen LogP contribution is -2.28. The Balaban J connectivity index is 1.65. The third kappa shape index (κ3) is 4.44. The number of benzene rings is 3. The first-order chi connectivity index (χ1) is 14.1. The molecule has 3 aromatic rings. The Morgan fingerprint density at radius 3 is 2.17 bits per heavy atom. The number of rotatable bonds is 5. The van der Waals surface area contributed by atoms with Crippen molar-refractivity contribution in [3.8, 4) is 0 Å². The van der Waals surface area contributed by atoms with Crippen LogP contribution in [-0.2, 0) is 11.3 Å². The van der Waals surface area contributed by atoms with Gasteiger partial charge in [0.1, 0.15) is 6.17 Å². The maximum absolute atomic E-state index is 12.9. The van der Waals surface area contributed by atoms with Gasteiger partial charge in [-0.25, -0.2) is 5.01 Å². The average molecular weight is 383 g/mol. The topological polar surface area (TPSA) is 35.9 Å². The lowest BCUT2D eigenvalue weighted by molar-refractivity contribution is -0.128. The lowest BCUT2D eigenvalue weighted by atomic mass is 10.1. The van der Waals surface area contributed by atoms with E-state index < -0.39 is 0 Å². The number of hydrazone groups is 1. The highest BCUT2D eigenvalue weighted by atomic mass is 16.2. The van der Waals surface area contributed by atoms with Crippen LogP contribution in [-0.4, -0.2) is 28.6 Å². The SMILES string of the molecule is Cc1ccc(C=NN2C(=O)CN(Cc3ccccc3)C2c2ccc(C)cc2)cc1. The highest BCUT2D eigenvalue weighted by Gasteiger charge is 2.38. The second-order valence-electron chi connectivity index (χ2n) is 7.57. The predicted molar refractivity (Wildman–Crippen MR) is 116 cm³/mol. The summed E-state index contributed by atoms with van der Waals surface area (Å²) in [5.74, 6) is 0.00914. The molecule has 1 aliphatic heterocycles. The number of hydrogen-bond donors (Lipinski definition) is 0. The van der Waals surface area contributed by atoms with E-state index in [1.807, 2.05) is 42.5 Å².